The number of amides is 2. The zero-order valence-electron chi connectivity index (χ0n) is 31.6. The van der Waals surface area contributed by atoms with Gasteiger partial charge in [0.15, 0.2) is 17.7 Å². The van der Waals surface area contributed by atoms with Crippen LogP contribution in [0.5, 0.6) is 0 Å². The molecule has 1 aliphatic rings. The molecule has 11 heteroatoms. The molecule has 0 saturated carbocycles. The van der Waals surface area contributed by atoms with Crippen LogP contribution < -0.4 is 0 Å². The number of carbonyl (C=O) groups is 5. The number of ketones is 2. The highest BCUT2D eigenvalue weighted by atomic mass is 16.6. The lowest BCUT2D eigenvalue weighted by atomic mass is 9.87. The number of hydrogen-bond acceptors (Lipinski definition) is 10. The SMILES string of the molecule is CC(=O)O[C@@H](C(=O)C=C(C(=O)CCCOC[C@@H](CO)OCc1ccccc1)c1cccc(C)c1)[C@H](Cc1ccccc1)C(=O)N1C(=O)OC[C@H]1c1ccccc1. The first-order chi connectivity index (χ1) is 27.1. The molecule has 4 atom stereocenters. The number of allylic oxidation sites excluding steroid dienone is 1. The normalized spacial score (nSPS) is 15.8. The van der Waals surface area contributed by atoms with Crippen molar-refractivity contribution in [2.75, 3.05) is 26.4 Å². The van der Waals surface area contributed by atoms with Gasteiger partial charge in [0.05, 0.1) is 25.7 Å². The van der Waals surface area contributed by atoms with E-state index in [1.807, 2.05) is 49.4 Å². The zero-order chi connectivity index (χ0) is 39.9. The van der Waals surface area contributed by atoms with Crippen molar-refractivity contribution in [3.05, 3.63) is 149 Å². The van der Waals surface area contributed by atoms with Gasteiger partial charge in [-0.3, -0.25) is 19.2 Å². The van der Waals surface area contributed by atoms with E-state index in [9.17, 15) is 29.1 Å². The largest absolute Gasteiger partial charge is 0.453 e. The van der Waals surface area contributed by atoms with Crippen LogP contribution in [-0.4, -0.2) is 78.2 Å². The Hall–Kier alpha value is -5.75. The lowest BCUT2D eigenvalue weighted by Crippen LogP contribution is -2.47. The first-order valence-corrected chi connectivity index (χ1v) is 18.6. The van der Waals surface area contributed by atoms with E-state index in [0.29, 0.717) is 29.7 Å². The van der Waals surface area contributed by atoms with E-state index in [-0.39, 0.29) is 50.6 Å². The molecule has 0 bridgehead atoms. The third-order valence-corrected chi connectivity index (χ3v) is 9.29. The first-order valence-electron chi connectivity index (χ1n) is 18.6. The molecule has 2 amide bonds. The minimum absolute atomic E-state index is 0.00466. The van der Waals surface area contributed by atoms with Crippen molar-refractivity contribution in [3.63, 3.8) is 0 Å². The number of ether oxygens (including phenoxy) is 4. The minimum atomic E-state index is -1.69. The third-order valence-electron chi connectivity index (χ3n) is 9.29. The van der Waals surface area contributed by atoms with E-state index in [1.54, 1.807) is 72.8 Å². The number of esters is 1. The van der Waals surface area contributed by atoms with Gasteiger partial charge in [-0.2, -0.15) is 0 Å². The molecule has 1 saturated heterocycles. The van der Waals surface area contributed by atoms with Gasteiger partial charge in [-0.05, 0) is 48.1 Å². The number of aryl methyl sites for hydroxylation is 1. The summed E-state index contributed by atoms with van der Waals surface area (Å²) in [6.45, 7) is 3.28. The van der Waals surface area contributed by atoms with Gasteiger partial charge in [0.1, 0.15) is 18.8 Å². The Labute approximate surface area is 326 Å². The molecule has 292 valence electrons. The molecule has 0 aromatic heterocycles. The topological polar surface area (TPSA) is 146 Å². The fourth-order valence-corrected chi connectivity index (χ4v) is 6.46. The van der Waals surface area contributed by atoms with Crippen LogP contribution in [0.2, 0.25) is 0 Å². The predicted molar refractivity (Wildman–Crippen MR) is 208 cm³/mol. The number of cyclic esters (lactones) is 1. The quantitative estimate of drug-likeness (QED) is 0.0610. The highest BCUT2D eigenvalue weighted by Gasteiger charge is 2.46. The molecule has 0 aliphatic carbocycles. The first kappa shape index (κ1) is 41.4. The maximum atomic E-state index is 14.5. The van der Waals surface area contributed by atoms with Crippen molar-refractivity contribution in [1.29, 1.82) is 0 Å². The standard InChI is InChI=1S/C45H47NO10/c1-31-14-12-21-36(24-31)38(41(49)22-13-23-53-29-37(27-47)54-28-34-17-8-4-9-18-34)26-42(50)43(56-32(2)48)39(25-33-15-6-3-7-16-33)44(51)46-40(30-55-45(46)52)35-19-10-5-11-20-35/h3-12,14-21,24,26,37,39-40,43,47H,13,22-23,25,27-30H2,1-2H3/t37-,39+,40+,43-/m1/s1. The molecule has 1 aliphatic heterocycles. The van der Waals surface area contributed by atoms with E-state index in [0.717, 1.165) is 29.0 Å². The van der Waals surface area contributed by atoms with Gasteiger partial charge < -0.3 is 24.1 Å². The third kappa shape index (κ3) is 11.6. The maximum absolute atomic E-state index is 14.5. The van der Waals surface area contributed by atoms with Gasteiger partial charge in [0.25, 0.3) is 0 Å². The van der Waals surface area contributed by atoms with Gasteiger partial charge in [-0.1, -0.05) is 121 Å². The molecule has 0 radical (unpaired) electrons. The number of Topliss-reactive ketones (excluding diaryl/α,β-unsaturated/α-hetero) is 1. The second-order valence-corrected chi connectivity index (χ2v) is 13.6. The van der Waals surface area contributed by atoms with Crippen molar-refractivity contribution in [3.8, 4) is 0 Å². The highest BCUT2D eigenvalue weighted by Crippen LogP contribution is 2.32. The second kappa shape index (κ2) is 20.8. The molecular weight excluding hydrogens is 714 g/mol. The Morgan fingerprint density at radius 2 is 1.55 bits per heavy atom. The van der Waals surface area contributed by atoms with Gasteiger partial charge in [0.2, 0.25) is 5.91 Å². The van der Waals surface area contributed by atoms with Gasteiger partial charge in [0, 0.05) is 25.5 Å². The van der Waals surface area contributed by atoms with E-state index in [2.05, 4.69) is 0 Å². The van der Waals surface area contributed by atoms with E-state index in [1.165, 1.54) is 0 Å². The molecule has 1 fully saturated rings. The summed E-state index contributed by atoms with van der Waals surface area (Å²) >= 11 is 0. The van der Waals surface area contributed by atoms with Crippen molar-refractivity contribution < 1.29 is 48.0 Å². The summed E-state index contributed by atoms with van der Waals surface area (Å²) in [4.78, 5) is 69.6. The Kier molecular flexibility index (Phi) is 15.4. The summed E-state index contributed by atoms with van der Waals surface area (Å²) in [5.74, 6) is -4.09. The smallest absolute Gasteiger partial charge is 0.417 e. The van der Waals surface area contributed by atoms with Crippen molar-refractivity contribution in [1.82, 2.24) is 4.90 Å². The van der Waals surface area contributed by atoms with Crippen LogP contribution in [0.4, 0.5) is 4.79 Å². The molecule has 56 heavy (non-hydrogen) atoms. The Balaban J connectivity index is 1.38. The Morgan fingerprint density at radius 1 is 0.893 bits per heavy atom. The predicted octanol–water partition coefficient (Wildman–Crippen LogP) is 6.40. The molecule has 4 aromatic carbocycles. The van der Waals surface area contributed by atoms with Crippen LogP contribution in [0.3, 0.4) is 0 Å². The summed E-state index contributed by atoms with van der Waals surface area (Å²) in [6, 6.07) is 33.7. The maximum Gasteiger partial charge on any atom is 0.417 e. The molecule has 1 N–H and O–H groups in total. The molecule has 5 rings (SSSR count). The number of aliphatic hydroxyl groups excluding tert-OH is 1. The average molecular weight is 762 g/mol. The monoisotopic (exact) mass is 761 g/mol. The number of aliphatic hydroxyl groups is 1. The van der Waals surface area contributed by atoms with Gasteiger partial charge in [-0.25, -0.2) is 9.69 Å². The average Bonchev–Trinajstić information content (AvgIpc) is 3.60. The number of benzene rings is 4. The van der Waals surface area contributed by atoms with Crippen LogP contribution in [0.25, 0.3) is 5.57 Å². The number of carbonyl (C=O) groups excluding carboxylic acids is 5. The van der Waals surface area contributed by atoms with E-state index < -0.39 is 47.9 Å². The molecule has 4 aromatic rings. The number of imide groups is 1. The van der Waals surface area contributed by atoms with Gasteiger partial charge >= 0.3 is 12.1 Å². The number of hydrogen-bond donors (Lipinski definition) is 1. The van der Waals surface area contributed by atoms with E-state index in [4.69, 9.17) is 18.9 Å². The lowest BCUT2D eigenvalue weighted by Gasteiger charge is -2.29. The van der Waals surface area contributed by atoms with Crippen molar-refractivity contribution >= 4 is 35.1 Å². The van der Waals surface area contributed by atoms with Crippen LogP contribution in [0, 0.1) is 12.8 Å². The summed E-state index contributed by atoms with van der Waals surface area (Å²) in [6.07, 6.45) is -1.74. The van der Waals surface area contributed by atoms with Crippen molar-refractivity contribution in [2.24, 2.45) is 5.92 Å². The van der Waals surface area contributed by atoms with Crippen LogP contribution >= 0.6 is 0 Å². The molecule has 1 heterocycles. The molecule has 11 nitrogen and oxygen atoms in total. The fourth-order valence-electron chi connectivity index (χ4n) is 6.46. The summed E-state index contributed by atoms with van der Waals surface area (Å²) in [7, 11) is 0. The molecular formula is C45H47NO10. The zero-order valence-corrected chi connectivity index (χ0v) is 31.6. The van der Waals surface area contributed by atoms with E-state index >= 15 is 0 Å². The van der Waals surface area contributed by atoms with Crippen molar-refractivity contribution in [2.45, 2.75) is 58.0 Å². The summed E-state index contributed by atoms with van der Waals surface area (Å²) in [5, 5.41) is 9.77. The second-order valence-electron chi connectivity index (χ2n) is 13.6. The lowest BCUT2D eigenvalue weighted by molar-refractivity contribution is -0.158. The van der Waals surface area contributed by atoms with Crippen LogP contribution in [0.1, 0.15) is 53.6 Å². The van der Waals surface area contributed by atoms with Gasteiger partial charge in [-0.15, -0.1) is 0 Å². The van der Waals surface area contributed by atoms with Crippen LogP contribution in [-0.2, 0) is 51.2 Å². The Bertz CT molecular complexity index is 1960. The minimum Gasteiger partial charge on any atom is -0.453 e. The fraction of sp³-hybridized carbons (Fsp3) is 0.311. The molecule has 0 spiro atoms. The summed E-state index contributed by atoms with van der Waals surface area (Å²) in [5.41, 5.74) is 3.66. The number of rotatable bonds is 20. The Morgan fingerprint density at radius 3 is 2.20 bits per heavy atom. The number of nitrogens with zero attached hydrogens (tertiary/aromatic N) is 1. The summed E-state index contributed by atoms with van der Waals surface area (Å²) < 4.78 is 22.5. The van der Waals surface area contributed by atoms with Crippen LogP contribution in [0.15, 0.2) is 121 Å². The highest BCUT2D eigenvalue weighted by molar-refractivity contribution is 6.25. The molecule has 0 unspecified atom stereocenters.